The van der Waals surface area contributed by atoms with Crippen LogP contribution in [0.15, 0.2) is 60.0 Å². The third-order valence-electron chi connectivity index (χ3n) is 6.21. The SMILES string of the molecule is Cc1cccc(C2(c3cccc(F)c3F)OC3C=C(F)C(C(=O)N4CCOCC4)=CC3O2)c1F. The van der Waals surface area contributed by atoms with Crippen LogP contribution in [-0.4, -0.2) is 49.3 Å². The Morgan fingerprint density at radius 1 is 0.912 bits per heavy atom. The molecule has 0 N–H and O–H groups in total. The lowest BCUT2D eigenvalue weighted by Crippen LogP contribution is -2.42. The second-order valence-corrected chi connectivity index (χ2v) is 8.32. The molecule has 0 spiro atoms. The largest absolute Gasteiger partial charge is 0.378 e. The second-order valence-electron chi connectivity index (χ2n) is 8.32. The molecular weight excluding hydrogens is 454 g/mol. The maximum Gasteiger partial charge on any atom is 0.256 e. The summed E-state index contributed by atoms with van der Waals surface area (Å²) in [5.74, 6) is -6.77. The van der Waals surface area contributed by atoms with Gasteiger partial charge in [0, 0.05) is 13.1 Å². The smallest absolute Gasteiger partial charge is 0.256 e. The van der Waals surface area contributed by atoms with Crippen LogP contribution >= 0.6 is 0 Å². The zero-order valence-corrected chi connectivity index (χ0v) is 18.2. The van der Waals surface area contributed by atoms with Gasteiger partial charge in [-0.2, -0.15) is 0 Å². The Balaban J connectivity index is 1.60. The first-order valence-electron chi connectivity index (χ1n) is 10.8. The van der Waals surface area contributed by atoms with Crippen LogP contribution in [0.4, 0.5) is 17.6 Å². The average molecular weight is 475 g/mol. The number of hydrogen-bond acceptors (Lipinski definition) is 4. The fraction of sp³-hybridized carbons (Fsp3) is 0.320. The number of amides is 1. The van der Waals surface area contributed by atoms with Crippen molar-refractivity contribution in [3.63, 3.8) is 0 Å². The number of nitrogens with zero attached hydrogens (tertiary/aromatic N) is 1. The summed E-state index contributed by atoms with van der Waals surface area (Å²) in [6, 6.07) is 7.77. The van der Waals surface area contributed by atoms with E-state index >= 15 is 8.78 Å². The third-order valence-corrected chi connectivity index (χ3v) is 6.21. The van der Waals surface area contributed by atoms with Crippen LogP contribution in [0.2, 0.25) is 0 Å². The molecule has 2 heterocycles. The number of benzene rings is 2. The van der Waals surface area contributed by atoms with Crippen LogP contribution in [0.3, 0.4) is 0 Å². The Bertz CT molecular complexity index is 1150. The van der Waals surface area contributed by atoms with Crippen molar-refractivity contribution in [1.29, 1.82) is 0 Å². The molecule has 5 nitrogen and oxygen atoms in total. The van der Waals surface area contributed by atoms with Crippen molar-refractivity contribution >= 4 is 5.91 Å². The highest BCUT2D eigenvalue weighted by Crippen LogP contribution is 2.48. The number of fused-ring (bicyclic) bond motifs is 1. The van der Waals surface area contributed by atoms with Gasteiger partial charge in [0.2, 0.25) is 5.79 Å². The van der Waals surface area contributed by atoms with Gasteiger partial charge in [-0.25, -0.2) is 17.6 Å². The summed E-state index contributed by atoms with van der Waals surface area (Å²) in [6.45, 7) is 2.80. The summed E-state index contributed by atoms with van der Waals surface area (Å²) in [7, 11) is 0. The van der Waals surface area contributed by atoms with Crippen LogP contribution in [0.1, 0.15) is 16.7 Å². The Kier molecular flexibility index (Phi) is 5.79. The van der Waals surface area contributed by atoms with Crippen molar-refractivity contribution in [3.8, 4) is 0 Å². The van der Waals surface area contributed by atoms with Gasteiger partial charge in [0.05, 0.1) is 29.9 Å². The quantitative estimate of drug-likeness (QED) is 0.629. The van der Waals surface area contributed by atoms with E-state index in [1.807, 2.05) is 0 Å². The molecule has 178 valence electrons. The number of carbonyl (C=O) groups excluding carboxylic acids is 1. The van der Waals surface area contributed by atoms with Gasteiger partial charge < -0.3 is 19.1 Å². The highest BCUT2D eigenvalue weighted by Gasteiger charge is 2.53. The number of ether oxygens (including phenoxy) is 3. The van der Waals surface area contributed by atoms with Gasteiger partial charge in [0.25, 0.3) is 5.91 Å². The van der Waals surface area contributed by atoms with E-state index in [1.54, 1.807) is 0 Å². The fourth-order valence-corrected chi connectivity index (χ4v) is 4.45. The first kappa shape index (κ1) is 22.8. The summed E-state index contributed by atoms with van der Waals surface area (Å²) in [6.07, 6.45) is 0.140. The molecule has 1 amide bonds. The minimum atomic E-state index is -2.21. The van der Waals surface area contributed by atoms with Crippen molar-refractivity contribution in [1.82, 2.24) is 4.90 Å². The van der Waals surface area contributed by atoms with E-state index < -0.39 is 52.7 Å². The molecule has 0 aromatic heterocycles. The molecule has 0 radical (unpaired) electrons. The molecule has 0 bridgehead atoms. The topological polar surface area (TPSA) is 48.0 Å². The summed E-state index contributed by atoms with van der Waals surface area (Å²) in [4.78, 5) is 14.4. The minimum absolute atomic E-state index is 0.185. The van der Waals surface area contributed by atoms with Crippen LogP contribution in [-0.2, 0) is 24.8 Å². The van der Waals surface area contributed by atoms with Gasteiger partial charge in [0.1, 0.15) is 23.9 Å². The Morgan fingerprint density at radius 3 is 2.24 bits per heavy atom. The fourth-order valence-electron chi connectivity index (χ4n) is 4.45. The maximum atomic E-state index is 15.3. The first-order valence-corrected chi connectivity index (χ1v) is 10.8. The normalized spacial score (nSPS) is 26.7. The number of rotatable bonds is 3. The molecule has 2 saturated heterocycles. The van der Waals surface area contributed by atoms with Crippen molar-refractivity contribution < 1.29 is 36.6 Å². The van der Waals surface area contributed by atoms with Crippen LogP contribution in [0.25, 0.3) is 0 Å². The summed E-state index contributed by atoms with van der Waals surface area (Å²) in [5, 5.41) is 0. The standard InChI is InChI=1S/C25H21F4NO4/c1-14-4-2-5-16(22(14)28)25(17-6-3-7-18(26)23(17)29)33-20-12-15(19(27)13-21(20)34-25)24(31)30-8-10-32-11-9-30/h2-7,12-13,20-21H,8-11H2,1H3. The van der Waals surface area contributed by atoms with Crippen LogP contribution in [0, 0.1) is 24.4 Å². The Hall–Kier alpha value is -3.01. The van der Waals surface area contributed by atoms with E-state index in [1.165, 1.54) is 48.2 Å². The summed E-state index contributed by atoms with van der Waals surface area (Å²) < 4.78 is 76.7. The van der Waals surface area contributed by atoms with Gasteiger partial charge in [-0.1, -0.05) is 30.3 Å². The summed E-state index contributed by atoms with van der Waals surface area (Å²) in [5.41, 5.74) is -0.576. The average Bonchev–Trinajstić information content (AvgIpc) is 3.21. The number of morpholine rings is 1. The molecule has 34 heavy (non-hydrogen) atoms. The van der Waals surface area contributed by atoms with E-state index in [0.717, 1.165) is 12.1 Å². The molecule has 2 fully saturated rings. The van der Waals surface area contributed by atoms with E-state index in [2.05, 4.69) is 0 Å². The van der Waals surface area contributed by atoms with Crippen molar-refractivity contribution in [3.05, 3.63) is 94.1 Å². The van der Waals surface area contributed by atoms with E-state index in [-0.39, 0.29) is 16.7 Å². The molecule has 3 unspecified atom stereocenters. The molecule has 1 aliphatic carbocycles. The second kappa shape index (κ2) is 8.65. The van der Waals surface area contributed by atoms with Gasteiger partial charge in [-0.05, 0) is 30.7 Å². The lowest BCUT2D eigenvalue weighted by atomic mass is 9.94. The molecule has 2 aromatic carbocycles. The number of halogens is 4. The molecule has 0 saturated carbocycles. The van der Waals surface area contributed by atoms with Crippen molar-refractivity contribution in [2.75, 3.05) is 26.3 Å². The zero-order valence-electron chi connectivity index (χ0n) is 18.2. The highest BCUT2D eigenvalue weighted by molar-refractivity contribution is 5.97. The molecule has 2 aliphatic heterocycles. The molecule has 3 atom stereocenters. The predicted octanol–water partition coefficient (Wildman–Crippen LogP) is 4.05. The first-order chi connectivity index (χ1) is 16.3. The Labute approximate surface area is 193 Å². The molecule has 3 aliphatic rings. The van der Waals surface area contributed by atoms with Gasteiger partial charge in [-0.15, -0.1) is 0 Å². The molecule has 2 aromatic rings. The van der Waals surface area contributed by atoms with Gasteiger partial charge in [0.15, 0.2) is 11.6 Å². The van der Waals surface area contributed by atoms with E-state index in [0.29, 0.717) is 26.3 Å². The van der Waals surface area contributed by atoms with Crippen molar-refractivity contribution in [2.24, 2.45) is 0 Å². The Morgan fingerprint density at radius 2 is 1.53 bits per heavy atom. The van der Waals surface area contributed by atoms with Gasteiger partial charge >= 0.3 is 0 Å². The third kappa shape index (κ3) is 3.64. The van der Waals surface area contributed by atoms with E-state index in [9.17, 15) is 13.6 Å². The number of hydrogen-bond donors (Lipinski definition) is 0. The lowest BCUT2D eigenvalue weighted by Gasteiger charge is -2.30. The minimum Gasteiger partial charge on any atom is -0.378 e. The molecule has 9 heteroatoms. The predicted molar refractivity (Wildman–Crippen MR) is 113 cm³/mol. The highest BCUT2D eigenvalue weighted by atomic mass is 19.2. The number of aryl methyl sites for hydroxylation is 1. The zero-order chi connectivity index (χ0) is 24.0. The number of carbonyl (C=O) groups is 1. The van der Waals surface area contributed by atoms with Crippen LogP contribution in [0.5, 0.6) is 0 Å². The maximum absolute atomic E-state index is 15.3. The molecular formula is C25H21F4NO4. The lowest BCUT2D eigenvalue weighted by molar-refractivity contribution is -0.147. The monoisotopic (exact) mass is 475 g/mol. The summed E-state index contributed by atoms with van der Waals surface area (Å²) >= 11 is 0. The van der Waals surface area contributed by atoms with Crippen molar-refractivity contribution in [2.45, 2.75) is 24.9 Å². The van der Waals surface area contributed by atoms with E-state index in [4.69, 9.17) is 14.2 Å². The van der Waals surface area contributed by atoms with Crippen LogP contribution < -0.4 is 0 Å². The van der Waals surface area contributed by atoms with Gasteiger partial charge in [-0.3, -0.25) is 4.79 Å². The molecule has 5 rings (SSSR count).